The Kier molecular flexibility index (Phi) is 3.39. The molecule has 2 aliphatic rings. The van der Waals surface area contributed by atoms with Crippen LogP contribution >= 0.6 is 11.3 Å². The van der Waals surface area contributed by atoms with Crippen molar-refractivity contribution in [2.75, 3.05) is 42.6 Å². The van der Waals surface area contributed by atoms with Crippen LogP contribution in [0.25, 0.3) is 4.96 Å². The van der Waals surface area contributed by atoms with Gasteiger partial charge in [0, 0.05) is 32.2 Å². The average molecular weight is 341 g/mol. The van der Waals surface area contributed by atoms with Crippen LogP contribution in [-0.4, -0.2) is 71.6 Å². The van der Waals surface area contributed by atoms with Gasteiger partial charge in [0.25, 0.3) is 0 Å². The first-order valence-electron chi connectivity index (χ1n) is 7.52. The summed E-state index contributed by atoms with van der Waals surface area (Å²) in [7, 11) is -2.80. The summed E-state index contributed by atoms with van der Waals surface area (Å²) in [6.45, 7) is 5.57. The molecule has 4 rings (SSSR count). The second-order valence-electron chi connectivity index (χ2n) is 6.07. The van der Waals surface area contributed by atoms with Crippen LogP contribution in [0.3, 0.4) is 0 Å². The number of hydrogen-bond acceptors (Lipinski definition) is 7. The normalized spacial score (nSPS) is 26.0. The van der Waals surface area contributed by atoms with Crippen molar-refractivity contribution in [3.05, 3.63) is 11.9 Å². The third kappa shape index (κ3) is 2.61. The van der Waals surface area contributed by atoms with Crippen LogP contribution in [0.2, 0.25) is 0 Å². The molecular formula is C13H19N5O2S2. The highest BCUT2D eigenvalue weighted by Gasteiger charge is 2.34. The molecule has 2 fully saturated rings. The fraction of sp³-hybridized carbons (Fsp3) is 0.692. The zero-order valence-electron chi connectivity index (χ0n) is 12.5. The lowest BCUT2D eigenvalue weighted by Crippen LogP contribution is -2.50. The van der Waals surface area contributed by atoms with E-state index < -0.39 is 9.84 Å². The number of hydrogen-bond donors (Lipinski definition) is 0. The van der Waals surface area contributed by atoms with Gasteiger partial charge in [0.2, 0.25) is 10.1 Å². The molecule has 22 heavy (non-hydrogen) atoms. The maximum atomic E-state index is 11.6. The lowest BCUT2D eigenvalue weighted by atomic mass is 10.2. The Morgan fingerprint density at radius 3 is 2.68 bits per heavy atom. The first-order valence-corrected chi connectivity index (χ1v) is 10.2. The Balaban J connectivity index is 1.42. The van der Waals surface area contributed by atoms with Crippen LogP contribution in [0, 0.1) is 6.92 Å². The standard InChI is InChI=1S/C13H19N5O2S2/c1-10-8-18-12(14-10)21-13(15-18)17-5-3-16(4-6-17)11-2-7-22(19,20)9-11/h8,11H,2-7,9H2,1H3/t11-/m0/s1. The van der Waals surface area contributed by atoms with E-state index in [-0.39, 0.29) is 6.04 Å². The Bertz CT molecular complexity index is 757. The molecule has 2 saturated heterocycles. The van der Waals surface area contributed by atoms with Crippen LogP contribution in [0.1, 0.15) is 12.1 Å². The van der Waals surface area contributed by atoms with Crippen molar-refractivity contribution < 1.29 is 8.42 Å². The molecular weight excluding hydrogens is 322 g/mol. The van der Waals surface area contributed by atoms with E-state index in [1.807, 2.05) is 17.6 Å². The zero-order valence-corrected chi connectivity index (χ0v) is 14.1. The van der Waals surface area contributed by atoms with E-state index >= 15 is 0 Å². The van der Waals surface area contributed by atoms with E-state index in [1.54, 1.807) is 11.3 Å². The van der Waals surface area contributed by atoms with E-state index in [0.717, 1.165) is 48.4 Å². The van der Waals surface area contributed by atoms with Gasteiger partial charge in [-0.15, -0.1) is 5.10 Å². The van der Waals surface area contributed by atoms with Gasteiger partial charge in [0.15, 0.2) is 9.84 Å². The van der Waals surface area contributed by atoms with Crippen molar-refractivity contribution in [1.29, 1.82) is 0 Å². The molecule has 0 saturated carbocycles. The maximum absolute atomic E-state index is 11.6. The first kappa shape index (κ1) is 14.4. The molecule has 9 heteroatoms. The zero-order chi connectivity index (χ0) is 15.3. The van der Waals surface area contributed by atoms with Crippen LogP contribution in [0.15, 0.2) is 6.20 Å². The summed E-state index contributed by atoms with van der Waals surface area (Å²) in [6.07, 6.45) is 2.72. The summed E-state index contributed by atoms with van der Waals surface area (Å²) in [5.41, 5.74) is 0.984. The number of sulfone groups is 1. The third-order valence-electron chi connectivity index (χ3n) is 4.46. The molecule has 2 aromatic heterocycles. The Labute approximate surface area is 133 Å². The minimum Gasteiger partial charge on any atom is -0.344 e. The highest BCUT2D eigenvalue weighted by Crippen LogP contribution is 2.25. The topological polar surface area (TPSA) is 70.8 Å². The molecule has 1 atom stereocenters. The molecule has 0 bridgehead atoms. The largest absolute Gasteiger partial charge is 0.344 e. The third-order valence-corrected chi connectivity index (χ3v) is 7.20. The van der Waals surface area contributed by atoms with Gasteiger partial charge in [-0.1, -0.05) is 11.3 Å². The predicted octanol–water partition coefficient (Wildman–Crippen LogP) is 0.408. The Morgan fingerprint density at radius 2 is 2.05 bits per heavy atom. The highest BCUT2D eigenvalue weighted by molar-refractivity contribution is 7.91. The number of piperazine rings is 1. The van der Waals surface area contributed by atoms with E-state index in [1.165, 1.54) is 0 Å². The molecule has 0 spiro atoms. The van der Waals surface area contributed by atoms with Crippen molar-refractivity contribution in [2.45, 2.75) is 19.4 Å². The summed E-state index contributed by atoms with van der Waals surface area (Å²) in [4.78, 5) is 9.96. The summed E-state index contributed by atoms with van der Waals surface area (Å²) < 4.78 is 25.1. The lowest BCUT2D eigenvalue weighted by Gasteiger charge is -2.37. The number of aromatic nitrogens is 3. The summed E-state index contributed by atoms with van der Waals surface area (Å²) in [6, 6.07) is 0.211. The van der Waals surface area contributed by atoms with Gasteiger partial charge in [-0.05, 0) is 13.3 Å². The van der Waals surface area contributed by atoms with Crippen LogP contribution in [-0.2, 0) is 9.84 Å². The lowest BCUT2D eigenvalue weighted by molar-refractivity contribution is 0.200. The summed E-state index contributed by atoms with van der Waals surface area (Å²) >= 11 is 1.61. The first-order chi connectivity index (χ1) is 10.5. The Morgan fingerprint density at radius 1 is 1.27 bits per heavy atom. The second kappa shape index (κ2) is 5.17. The molecule has 0 amide bonds. The molecule has 120 valence electrons. The van der Waals surface area contributed by atoms with Crippen molar-refractivity contribution in [2.24, 2.45) is 0 Å². The molecule has 4 heterocycles. The van der Waals surface area contributed by atoms with E-state index in [4.69, 9.17) is 0 Å². The van der Waals surface area contributed by atoms with Gasteiger partial charge in [-0.3, -0.25) is 4.90 Å². The van der Waals surface area contributed by atoms with Crippen molar-refractivity contribution in [1.82, 2.24) is 19.5 Å². The molecule has 0 aromatic carbocycles. The number of anilines is 1. The average Bonchev–Trinajstić information content (AvgIpc) is 3.11. The van der Waals surface area contributed by atoms with Crippen LogP contribution in [0.5, 0.6) is 0 Å². The van der Waals surface area contributed by atoms with Gasteiger partial charge in [-0.2, -0.15) is 0 Å². The van der Waals surface area contributed by atoms with Crippen molar-refractivity contribution in [3.63, 3.8) is 0 Å². The van der Waals surface area contributed by atoms with E-state index in [2.05, 4.69) is 19.9 Å². The smallest absolute Gasteiger partial charge is 0.214 e. The highest BCUT2D eigenvalue weighted by atomic mass is 32.2. The van der Waals surface area contributed by atoms with Gasteiger partial charge < -0.3 is 4.90 Å². The summed E-state index contributed by atoms with van der Waals surface area (Å²) in [5.74, 6) is 0.679. The molecule has 7 nitrogen and oxygen atoms in total. The number of rotatable bonds is 2. The van der Waals surface area contributed by atoms with E-state index in [9.17, 15) is 8.42 Å². The minimum atomic E-state index is -2.80. The van der Waals surface area contributed by atoms with Gasteiger partial charge in [-0.25, -0.2) is 17.9 Å². The molecule has 0 unspecified atom stereocenters. The monoisotopic (exact) mass is 341 g/mol. The quantitative estimate of drug-likeness (QED) is 0.788. The summed E-state index contributed by atoms with van der Waals surface area (Å²) in [5, 5.41) is 5.59. The van der Waals surface area contributed by atoms with Gasteiger partial charge >= 0.3 is 0 Å². The van der Waals surface area contributed by atoms with Gasteiger partial charge in [0.1, 0.15) is 0 Å². The van der Waals surface area contributed by atoms with Crippen molar-refractivity contribution >= 4 is 31.3 Å². The fourth-order valence-corrected chi connectivity index (χ4v) is 6.01. The molecule has 0 N–H and O–H groups in total. The van der Waals surface area contributed by atoms with E-state index in [0.29, 0.717) is 11.5 Å². The van der Waals surface area contributed by atoms with Gasteiger partial charge in [0.05, 0.1) is 23.4 Å². The predicted molar refractivity (Wildman–Crippen MR) is 86.4 cm³/mol. The molecule has 0 radical (unpaired) electrons. The molecule has 2 aliphatic heterocycles. The SMILES string of the molecule is Cc1cn2nc(N3CCN([C@H]4CCS(=O)(=O)C4)CC3)sc2n1. The molecule has 0 aliphatic carbocycles. The number of imidazole rings is 1. The number of fused-ring (bicyclic) bond motifs is 1. The van der Waals surface area contributed by atoms with Crippen LogP contribution < -0.4 is 4.90 Å². The second-order valence-corrected chi connectivity index (χ2v) is 9.24. The maximum Gasteiger partial charge on any atom is 0.214 e. The number of aryl methyl sites for hydroxylation is 1. The van der Waals surface area contributed by atoms with Crippen LogP contribution in [0.4, 0.5) is 5.13 Å². The fourth-order valence-electron chi connectivity index (χ4n) is 3.27. The molecule has 2 aromatic rings. The Hall–Kier alpha value is -1.19. The minimum absolute atomic E-state index is 0.211. The van der Waals surface area contributed by atoms with Crippen molar-refractivity contribution in [3.8, 4) is 0 Å². The number of nitrogens with zero attached hydrogens (tertiary/aromatic N) is 5.